The molecule has 0 radical (unpaired) electrons. The molecular formula is C23H39N3O5. The van der Waals surface area contributed by atoms with Crippen LogP contribution in [-0.4, -0.2) is 85.2 Å². The second-order valence-corrected chi connectivity index (χ2v) is 8.95. The third-order valence-electron chi connectivity index (χ3n) is 6.68. The van der Waals surface area contributed by atoms with Gasteiger partial charge in [-0.1, -0.05) is 39.0 Å². The van der Waals surface area contributed by atoms with E-state index in [0.717, 1.165) is 57.8 Å². The van der Waals surface area contributed by atoms with E-state index in [4.69, 9.17) is 9.47 Å². The monoisotopic (exact) mass is 437 g/mol. The molecule has 2 atom stereocenters. The van der Waals surface area contributed by atoms with Crippen LogP contribution in [0.5, 0.6) is 0 Å². The van der Waals surface area contributed by atoms with Crippen LogP contribution < -0.4 is 5.32 Å². The number of nitrogens with zero attached hydrogens (tertiary/aromatic N) is 2. The van der Waals surface area contributed by atoms with Gasteiger partial charge in [-0.15, -0.1) is 0 Å². The first-order valence-corrected chi connectivity index (χ1v) is 12.2. The smallest absolute Gasteiger partial charge is 0.321 e. The minimum Gasteiger partial charge on any atom is -0.378 e. The van der Waals surface area contributed by atoms with Crippen LogP contribution in [0.1, 0.15) is 71.1 Å². The molecule has 3 aliphatic rings. The Morgan fingerprint density at radius 1 is 1.03 bits per heavy atom. The summed E-state index contributed by atoms with van der Waals surface area (Å²) < 4.78 is 11.0. The Morgan fingerprint density at radius 2 is 1.77 bits per heavy atom. The second-order valence-electron chi connectivity index (χ2n) is 8.95. The second kappa shape index (κ2) is 12.4. The number of urea groups is 1. The number of nitrogens with one attached hydrogen (secondary N) is 1. The largest absolute Gasteiger partial charge is 0.378 e. The summed E-state index contributed by atoms with van der Waals surface area (Å²) in [5.41, 5.74) is 0. The lowest BCUT2D eigenvalue weighted by molar-refractivity contribution is -0.141. The van der Waals surface area contributed by atoms with Crippen molar-refractivity contribution in [2.24, 2.45) is 0 Å². The van der Waals surface area contributed by atoms with Crippen molar-refractivity contribution < 1.29 is 23.9 Å². The first-order valence-electron chi connectivity index (χ1n) is 12.2. The number of carbonyl (C=O) groups is 3. The molecule has 0 bridgehead atoms. The van der Waals surface area contributed by atoms with Gasteiger partial charge in [0.2, 0.25) is 5.78 Å². The molecular weight excluding hydrogens is 398 g/mol. The maximum atomic E-state index is 13.6. The lowest BCUT2D eigenvalue weighted by Gasteiger charge is -2.42. The maximum absolute atomic E-state index is 13.6. The van der Waals surface area contributed by atoms with Gasteiger partial charge in [-0.05, 0) is 32.1 Å². The Balaban J connectivity index is 1.75. The van der Waals surface area contributed by atoms with E-state index >= 15 is 0 Å². The molecule has 2 heterocycles. The lowest BCUT2D eigenvalue weighted by Crippen LogP contribution is -2.59. The van der Waals surface area contributed by atoms with Crippen LogP contribution in [-0.2, 0) is 19.1 Å². The molecule has 176 valence electrons. The average molecular weight is 438 g/mol. The third kappa shape index (κ3) is 6.65. The van der Waals surface area contributed by atoms with E-state index < -0.39 is 17.7 Å². The summed E-state index contributed by atoms with van der Waals surface area (Å²) in [5, 5.41) is 2.77. The van der Waals surface area contributed by atoms with Crippen LogP contribution >= 0.6 is 0 Å². The standard InChI is InChI=1S/C23H39N3O5/c1-2-3-11-20(21(27)22(28)24-17-19-10-7-14-31-19)26(18-8-5-4-6-9-18)23(29)25-12-15-30-16-13-25/h18-20H,2-17H2,1H3,(H,24,28)/t19?,20-/m0/s1. The number of morpholine rings is 1. The van der Waals surface area contributed by atoms with Crippen molar-refractivity contribution in [2.45, 2.75) is 89.3 Å². The summed E-state index contributed by atoms with van der Waals surface area (Å²) in [6.45, 7) is 5.21. The summed E-state index contributed by atoms with van der Waals surface area (Å²) in [6, 6.07) is -0.805. The highest BCUT2D eigenvalue weighted by Gasteiger charge is 2.40. The highest BCUT2D eigenvalue weighted by molar-refractivity contribution is 6.38. The molecule has 1 unspecified atom stereocenters. The Hall–Kier alpha value is -1.67. The highest BCUT2D eigenvalue weighted by atomic mass is 16.5. The lowest BCUT2D eigenvalue weighted by atomic mass is 9.91. The van der Waals surface area contributed by atoms with Gasteiger partial charge in [0.25, 0.3) is 5.91 Å². The van der Waals surface area contributed by atoms with Crippen molar-refractivity contribution in [3.63, 3.8) is 0 Å². The van der Waals surface area contributed by atoms with Crippen LogP contribution in [0.2, 0.25) is 0 Å². The van der Waals surface area contributed by atoms with Crippen LogP contribution in [0.25, 0.3) is 0 Å². The molecule has 31 heavy (non-hydrogen) atoms. The molecule has 8 nitrogen and oxygen atoms in total. The number of amides is 3. The Kier molecular flexibility index (Phi) is 9.58. The highest BCUT2D eigenvalue weighted by Crippen LogP contribution is 2.28. The molecule has 0 aromatic rings. The minimum absolute atomic E-state index is 0.0147. The molecule has 3 amide bonds. The average Bonchev–Trinajstić information content (AvgIpc) is 3.34. The Labute approximate surface area is 186 Å². The van der Waals surface area contributed by atoms with E-state index in [1.54, 1.807) is 9.80 Å². The zero-order valence-electron chi connectivity index (χ0n) is 19.0. The molecule has 0 spiro atoms. The molecule has 2 saturated heterocycles. The number of unbranched alkanes of at least 4 members (excludes halogenated alkanes) is 1. The molecule has 1 saturated carbocycles. The van der Waals surface area contributed by atoms with Crippen LogP contribution in [0.4, 0.5) is 4.79 Å². The fourth-order valence-electron chi connectivity index (χ4n) is 4.87. The normalized spacial score (nSPS) is 23.4. The van der Waals surface area contributed by atoms with Gasteiger partial charge in [-0.3, -0.25) is 9.59 Å². The van der Waals surface area contributed by atoms with Gasteiger partial charge < -0.3 is 24.6 Å². The molecule has 8 heteroatoms. The van der Waals surface area contributed by atoms with E-state index in [1.165, 1.54) is 0 Å². The first-order chi connectivity index (χ1) is 15.1. The predicted molar refractivity (Wildman–Crippen MR) is 117 cm³/mol. The summed E-state index contributed by atoms with van der Waals surface area (Å²) >= 11 is 0. The van der Waals surface area contributed by atoms with Gasteiger partial charge >= 0.3 is 6.03 Å². The van der Waals surface area contributed by atoms with Gasteiger partial charge in [-0.25, -0.2) is 4.79 Å². The zero-order chi connectivity index (χ0) is 22.1. The molecule has 3 fully saturated rings. The minimum atomic E-state index is -0.706. The molecule has 0 aromatic carbocycles. The molecule has 0 aromatic heterocycles. The van der Waals surface area contributed by atoms with Crippen molar-refractivity contribution in [3.05, 3.63) is 0 Å². The van der Waals surface area contributed by atoms with E-state index in [0.29, 0.717) is 45.9 Å². The molecule has 1 aliphatic carbocycles. The molecule has 3 rings (SSSR count). The van der Waals surface area contributed by atoms with Crippen molar-refractivity contribution in [3.8, 4) is 0 Å². The topological polar surface area (TPSA) is 88.2 Å². The number of rotatable bonds is 9. The quantitative estimate of drug-likeness (QED) is 0.560. The summed E-state index contributed by atoms with van der Waals surface area (Å²) in [7, 11) is 0. The van der Waals surface area contributed by atoms with Gasteiger partial charge in [0.05, 0.1) is 19.3 Å². The van der Waals surface area contributed by atoms with E-state index in [-0.39, 0.29) is 18.2 Å². The maximum Gasteiger partial charge on any atom is 0.321 e. The third-order valence-corrected chi connectivity index (χ3v) is 6.68. The van der Waals surface area contributed by atoms with Gasteiger partial charge in [0.15, 0.2) is 0 Å². The van der Waals surface area contributed by atoms with Crippen molar-refractivity contribution in [2.75, 3.05) is 39.5 Å². The fraction of sp³-hybridized carbons (Fsp3) is 0.870. The zero-order valence-corrected chi connectivity index (χ0v) is 19.0. The number of hydrogen-bond acceptors (Lipinski definition) is 5. The van der Waals surface area contributed by atoms with Crippen molar-refractivity contribution in [1.82, 2.24) is 15.1 Å². The van der Waals surface area contributed by atoms with E-state index in [2.05, 4.69) is 12.2 Å². The number of Topliss-reactive ketones (excluding diaryl/α,β-unsaturated/α-hetero) is 1. The van der Waals surface area contributed by atoms with E-state index in [9.17, 15) is 14.4 Å². The summed E-state index contributed by atoms with van der Waals surface area (Å²) in [6.07, 6.45) is 9.15. The van der Waals surface area contributed by atoms with Crippen LogP contribution in [0.15, 0.2) is 0 Å². The molecule has 1 N–H and O–H groups in total. The number of carbonyl (C=O) groups excluding carboxylic acids is 3. The van der Waals surface area contributed by atoms with E-state index in [1.807, 2.05) is 0 Å². The summed E-state index contributed by atoms with van der Waals surface area (Å²) in [5.74, 6) is -1.08. The van der Waals surface area contributed by atoms with Crippen LogP contribution in [0, 0.1) is 0 Å². The number of ketones is 1. The predicted octanol–water partition coefficient (Wildman–Crippen LogP) is 2.50. The van der Waals surface area contributed by atoms with Gasteiger partial charge in [-0.2, -0.15) is 0 Å². The van der Waals surface area contributed by atoms with Crippen LogP contribution in [0.3, 0.4) is 0 Å². The fourth-order valence-corrected chi connectivity index (χ4v) is 4.87. The van der Waals surface area contributed by atoms with Gasteiger partial charge in [0.1, 0.15) is 6.04 Å². The van der Waals surface area contributed by atoms with Crippen molar-refractivity contribution >= 4 is 17.7 Å². The molecule has 2 aliphatic heterocycles. The van der Waals surface area contributed by atoms with Gasteiger partial charge in [0, 0.05) is 32.3 Å². The Bertz CT molecular complexity index is 596. The number of hydrogen-bond donors (Lipinski definition) is 1. The first kappa shape index (κ1) is 24.0. The van der Waals surface area contributed by atoms with Crippen molar-refractivity contribution in [1.29, 1.82) is 0 Å². The Morgan fingerprint density at radius 3 is 2.42 bits per heavy atom. The summed E-state index contributed by atoms with van der Waals surface area (Å²) in [4.78, 5) is 43.3. The number of ether oxygens (including phenoxy) is 2. The SMILES string of the molecule is CCCC[C@@H](C(=O)C(=O)NCC1CCCO1)N(C(=O)N1CCOCC1)C1CCCCC1.